The Morgan fingerprint density at radius 3 is 2.46 bits per heavy atom. The topological polar surface area (TPSA) is 142 Å². The number of piperidine rings is 1. The SMILES string of the molecule is CCNC(=O)Nc1nc2cc(-c3cnc(C4(O)CCN(C(=O)OC(C)(C)C)CC4)nc3)cc(-c3ccccn3)c2s1. The molecule has 1 fully saturated rings. The minimum atomic E-state index is -1.24. The summed E-state index contributed by atoms with van der Waals surface area (Å²) >= 11 is 1.38. The Kier molecular flexibility index (Phi) is 7.87. The number of anilines is 1. The lowest BCUT2D eigenvalue weighted by molar-refractivity contribution is -0.0409. The lowest BCUT2D eigenvalue weighted by Crippen LogP contribution is -2.47. The quantitative estimate of drug-likeness (QED) is 0.296. The lowest BCUT2D eigenvalue weighted by Gasteiger charge is -2.37. The fourth-order valence-electron chi connectivity index (χ4n) is 4.59. The number of pyridine rings is 1. The number of nitrogens with zero attached hydrogens (tertiary/aromatic N) is 5. The zero-order valence-electron chi connectivity index (χ0n) is 23.5. The van der Waals surface area contributed by atoms with Crippen molar-refractivity contribution >= 4 is 38.8 Å². The Bertz CT molecular complexity index is 1540. The van der Waals surface area contributed by atoms with Crippen LogP contribution in [-0.4, -0.2) is 67.3 Å². The number of thiazole rings is 1. The van der Waals surface area contributed by atoms with E-state index in [2.05, 4.69) is 30.6 Å². The number of hydrogen-bond donors (Lipinski definition) is 3. The molecule has 1 aliphatic rings. The molecule has 0 bridgehead atoms. The molecule has 4 heterocycles. The van der Waals surface area contributed by atoms with Gasteiger partial charge in [-0.2, -0.15) is 0 Å². The number of carbonyl (C=O) groups is 2. The monoisotopic (exact) mass is 575 g/mol. The van der Waals surface area contributed by atoms with Crippen molar-refractivity contribution in [2.75, 3.05) is 25.0 Å². The Labute approximate surface area is 242 Å². The molecular formula is C29H33N7O4S. The maximum absolute atomic E-state index is 12.4. The molecule has 3 N–H and O–H groups in total. The van der Waals surface area contributed by atoms with Crippen molar-refractivity contribution in [3.8, 4) is 22.4 Å². The van der Waals surface area contributed by atoms with Crippen molar-refractivity contribution in [2.24, 2.45) is 0 Å². The highest BCUT2D eigenvalue weighted by Crippen LogP contribution is 2.38. The molecule has 1 aromatic carbocycles. The van der Waals surface area contributed by atoms with Crippen molar-refractivity contribution < 1.29 is 19.4 Å². The molecule has 41 heavy (non-hydrogen) atoms. The normalized spacial score (nSPS) is 15.0. The number of nitrogens with one attached hydrogen (secondary N) is 2. The van der Waals surface area contributed by atoms with Crippen LogP contribution in [0.2, 0.25) is 0 Å². The molecular weight excluding hydrogens is 542 g/mol. The fraction of sp³-hybridized carbons (Fsp3) is 0.379. The minimum Gasteiger partial charge on any atom is -0.444 e. The van der Waals surface area contributed by atoms with Gasteiger partial charge < -0.3 is 20.1 Å². The molecule has 0 unspecified atom stereocenters. The van der Waals surface area contributed by atoms with Crippen LogP contribution in [0.1, 0.15) is 46.4 Å². The van der Waals surface area contributed by atoms with Crippen LogP contribution < -0.4 is 10.6 Å². The molecule has 1 saturated heterocycles. The number of benzene rings is 1. The number of amides is 3. The number of fused-ring (bicyclic) bond motifs is 1. The predicted octanol–water partition coefficient (Wildman–Crippen LogP) is 5.18. The van der Waals surface area contributed by atoms with E-state index in [1.54, 1.807) is 23.5 Å². The predicted molar refractivity (Wildman–Crippen MR) is 158 cm³/mol. The molecule has 3 aromatic heterocycles. The van der Waals surface area contributed by atoms with Crippen molar-refractivity contribution in [2.45, 2.75) is 51.7 Å². The van der Waals surface area contributed by atoms with E-state index in [0.29, 0.717) is 48.9 Å². The first-order chi connectivity index (χ1) is 19.5. The third kappa shape index (κ3) is 6.44. The highest BCUT2D eigenvalue weighted by Gasteiger charge is 2.39. The first-order valence-electron chi connectivity index (χ1n) is 13.5. The molecule has 0 aliphatic carbocycles. The summed E-state index contributed by atoms with van der Waals surface area (Å²) in [6.45, 7) is 8.53. The van der Waals surface area contributed by atoms with Crippen LogP contribution in [0.5, 0.6) is 0 Å². The van der Waals surface area contributed by atoms with Crippen molar-refractivity contribution in [3.63, 3.8) is 0 Å². The second-order valence-corrected chi connectivity index (χ2v) is 11.9. The number of ether oxygens (including phenoxy) is 1. The second kappa shape index (κ2) is 11.4. The number of hydrogen-bond acceptors (Lipinski definition) is 9. The van der Waals surface area contributed by atoms with Gasteiger partial charge in [-0.3, -0.25) is 10.3 Å². The first-order valence-corrected chi connectivity index (χ1v) is 14.3. The van der Waals surface area contributed by atoms with E-state index in [-0.39, 0.29) is 12.1 Å². The highest BCUT2D eigenvalue weighted by molar-refractivity contribution is 7.22. The molecule has 12 heteroatoms. The van der Waals surface area contributed by atoms with Crippen LogP contribution in [0, 0.1) is 0 Å². The number of urea groups is 1. The average molecular weight is 576 g/mol. The average Bonchev–Trinajstić information content (AvgIpc) is 3.35. The summed E-state index contributed by atoms with van der Waals surface area (Å²) in [6, 6.07) is 9.31. The van der Waals surface area contributed by atoms with E-state index in [1.807, 2.05) is 58.0 Å². The second-order valence-electron chi connectivity index (χ2n) is 10.9. The lowest BCUT2D eigenvalue weighted by atomic mass is 9.90. The van der Waals surface area contributed by atoms with Gasteiger partial charge in [0, 0.05) is 62.2 Å². The van der Waals surface area contributed by atoms with E-state index in [4.69, 9.17) is 4.74 Å². The smallest absolute Gasteiger partial charge is 0.410 e. The van der Waals surface area contributed by atoms with Gasteiger partial charge in [-0.15, -0.1) is 0 Å². The molecule has 3 amide bonds. The number of carbonyl (C=O) groups excluding carboxylic acids is 2. The number of aliphatic hydroxyl groups is 1. The highest BCUT2D eigenvalue weighted by atomic mass is 32.1. The van der Waals surface area contributed by atoms with Gasteiger partial charge in [0.1, 0.15) is 11.2 Å². The van der Waals surface area contributed by atoms with E-state index in [9.17, 15) is 14.7 Å². The van der Waals surface area contributed by atoms with Crippen LogP contribution in [0.4, 0.5) is 14.7 Å². The van der Waals surface area contributed by atoms with Crippen LogP contribution in [0.15, 0.2) is 48.9 Å². The first kappa shape index (κ1) is 28.4. The van der Waals surface area contributed by atoms with Crippen molar-refractivity contribution in [1.29, 1.82) is 0 Å². The van der Waals surface area contributed by atoms with Gasteiger partial charge in [-0.05, 0) is 57.5 Å². The van der Waals surface area contributed by atoms with Gasteiger partial charge in [0.25, 0.3) is 0 Å². The molecule has 4 aromatic rings. The summed E-state index contributed by atoms with van der Waals surface area (Å²) < 4.78 is 6.35. The summed E-state index contributed by atoms with van der Waals surface area (Å²) in [5.74, 6) is 0.318. The van der Waals surface area contributed by atoms with Gasteiger partial charge in [0.2, 0.25) is 0 Å². The fourth-order valence-corrected chi connectivity index (χ4v) is 5.56. The summed E-state index contributed by atoms with van der Waals surface area (Å²) in [6.07, 6.45) is 5.33. The van der Waals surface area contributed by atoms with E-state index >= 15 is 0 Å². The number of aromatic nitrogens is 4. The molecule has 0 saturated carbocycles. The van der Waals surface area contributed by atoms with Gasteiger partial charge in [0.15, 0.2) is 11.0 Å². The number of likely N-dealkylation sites (tertiary alicyclic amines) is 1. The Morgan fingerprint density at radius 2 is 1.83 bits per heavy atom. The van der Waals surface area contributed by atoms with Crippen LogP contribution in [-0.2, 0) is 10.3 Å². The third-order valence-electron chi connectivity index (χ3n) is 6.63. The van der Waals surface area contributed by atoms with Crippen LogP contribution in [0.25, 0.3) is 32.6 Å². The van der Waals surface area contributed by atoms with Gasteiger partial charge in [0.05, 0.1) is 15.9 Å². The molecule has 0 radical (unpaired) electrons. The maximum Gasteiger partial charge on any atom is 0.410 e. The summed E-state index contributed by atoms with van der Waals surface area (Å²) in [5.41, 5.74) is 2.10. The van der Waals surface area contributed by atoms with E-state index < -0.39 is 11.2 Å². The van der Waals surface area contributed by atoms with Gasteiger partial charge >= 0.3 is 12.1 Å². The standard InChI is InChI=1S/C29H33N7O4S/c1-5-30-25(37)35-26-34-22-15-18(14-20(23(22)41-26)21-8-6-7-11-31-21)19-16-32-24(33-17-19)29(39)9-12-36(13-10-29)27(38)40-28(2,3)4/h6-8,11,14-17,39H,5,9-10,12-13H2,1-4H3,(H2,30,34,35,37). The molecule has 5 rings (SSSR count). The van der Waals surface area contributed by atoms with E-state index in [1.165, 1.54) is 11.3 Å². The maximum atomic E-state index is 12.4. The largest absolute Gasteiger partial charge is 0.444 e. The zero-order chi connectivity index (χ0) is 29.2. The molecule has 0 atom stereocenters. The van der Waals surface area contributed by atoms with Gasteiger partial charge in [-0.25, -0.2) is 24.5 Å². The summed E-state index contributed by atoms with van der Waals surface area (Å²) in [5, 5.41) is 17.3. The Balaban J connectivity index is 1.40. The number of rotatable bonds is 5. The third-order valence-corrected chi connectivity index (χ3v) is 7.65. The summed E-state index contributed by atoms with van der Waals surface area (Å²) in [7, 11) is 0. The van der Waals surface area contributed by atoms with Crippen LogP contribution >= 0.6 is 11.3 Å². The molecule has 1 aliphatic heterocycles. The minimum absolute atomic E-state index is 0.307. The summed E-state index contributed by atoms with van der Waals surface area (Å²) in [4.78, 5) is 44.4. The molecule has 0 spiro atoms. The van der Waals surface area contributed by atoms with Gasteiger partial charge in [-0.1, -0.05) is 17.4 Å². The van der Waals surface area contributed by atoms with Crippen molar-refractivity contribution in [3.05, 3.63) is 54.7 Å². The van der Waals surface area contributed by atoms with E-state index in [0.717, 1.165) is 27.1 Å². The molecule has 11 nitrogen and oxygen atoms in total. The molecule has 214 valence electrons. The van der Waals surface area contributed by atoms with Crippen LogP contribution in [0.3, 0.4) is 0 Å². The zero-order valence-corrected chi connectivity index (χ0v) is 24.3. The Morgan fingerprint density at radius 1 is 1.10 bits per heavy atom. The Hall–Kier alpha value is -4.16. The van der Waals surface area contributed by atoms with Crippen molar-refractivity contribution in [1.82, 2.24) is 30.2 Å².